The van der Waals surface area contributed by atoms with E-state index in [1.807, 2.05) is 5.32 Å². The number of hydrogen-bond acceptors (Lipinski definition) is 1. The molecule has 3 nitrogen and oxygen atoms in total. The maximum atomic E-state index is 13.4. The molecule has 0 atom stereocenters. The Kier molecular flexibility index (Phi) is 6.11. The van der Waals surface area contributed by atoms with Crippen LogP contribution in [0.3, 0.4) is 0 Å². The second kappa shape index (κ2) is 8.08. The lowest BCUT2D eigenvalue weighted by Crippen LogP contribution is -2.91. The van der Waals surface area contributed by atoms with E-state index in [1.54, 1.807) is 0 Å². The first-order valence-electron chi connectivity index (χ1n) is 7.73. The minimum absolute atomic E-state index is 0.0347. The molecule has 1 amide bonds. The van der Waals surface area contributed by atoms with Crippen molar-refractivity contribution in [2.75, 3.05) is 11.9 Å². The first kappa shape index (κ1) is 15.9. The first-order valence-corrected chi connectivity index (χ1v) is 7.73. The predicted molar refractivity (Wildman–Crippen MR) is 77.9 cm³/mol. The van der Waals surface area contributed by atoms with Gasteiger partial charge in [0, 0.05) is 6.07 Å². The third kappa shape index (κ3) is 5.42. The highest BCUT2D eigenvalue weighted by Gasteiger charge is 2.16. The molecule has 1 aromatic carbocycles. The molecule has 21 heavy (non-hydrogen) atoms. The van der Waals surface area contributed by atoms with E-state index in [4.69, 9.17) is 0 Å². The van der Waals surface area contributed by atoms with Crippen LogP contribution in [0.25, 0.3) is 0 Å². The Balaban J connectivity index is 1.78. The van der Waals surface area contributed by atoms with Crippen molar-refractivity contribution in [3.63, 3.8) is 0 Å². The maximum absolute atomic E-state index is 13.4. The number of quaternary nitrogens is 1. The summed E-state index contributed by atoms with van der Waals surface area (Å²) in [6.45, 7) is 0.279. The molecule has 0 spiro atoms. The summed E-state index contributed by atoms with van der Waals surface area (Å²) in [5.41, 5.74) is 0.0347. The van der Waals surface area contributed by atoms with E-state index in [0.717, 1.165) is 25.0 Å². The lowest BCUT2D eigenvalue weighted by atomic mass is 9.97. The molecule has 1 fully saturated rings. The van der Waals surface area contributed by atoms with Gasteiger partial charge in [-0.3, -0.25) is 4.79 Å². The van der Waals surface area contributed by atoms with Crippen LogP contribution in [0.15, 0.2) is 18.2 Å². The molecule has 0 unspecified atom stereocenters. The van der Waals surface area contributed by atoms with Crippen LogP contribution in [0.4, 0.5) is 14.5 Å². The zero-order valence-electron chi connectivity index (χ0n) is 12.2. The predicted octanol–water partition coefficient (Wildman–Crippen LogP) is 2.58. The summed E-state index contributed by atoms with van der Waals surface area (Å²) < 4.78 is 26.2. The minimum Gasteiger partial charge on any atom is -0.336 e. The Hall–Kier alpha value is -1.49. The van der Waals surface area contributed by atoms with E-state index in [1.165, 1.54) is 38.2 Å². The third-order valence-corrected chi connectivity index (χ3v) is 3.99. The standard InChI is InChI=1S/C16H22F2N2O/c17-12-8-9-15(14(18)10-12)20-16(21)11-19-13-6-4-2-1-3-5-7-13/h8-10,13,19H,1-7,11H2,(H,20,21)/p+1. The van der Waals surface area contributed by atoms with Crippen molar-refractivity contribution in [2.24, 2.45) is 0 Å². The summed E-state index contributed by atoms with van der Waals surface area (Å²) in [7, 11) is 0. The van der Waals surface area contributed by atoms with Crippen LogP contribution >= 0.6 is 0 Å². The van der Waals surface area contributed by atoms with Crippen LogP contribution < -0.4 is 10.6 Å². The second-order valence-electron chi connectivity index (χ2n) is 5.72. The molecule has 1 aliphatic rings. The fraction of sp³-hybridized carbons (Fsp3) is 0.562. The molecule has 0 saturated heterocycles. The number of hydrogen-bond donors (Lipinski definition) is 2. The van der Waals surface area contributed by atoms with E-state index >= 15 is 0 Å². The Morgan fingerprint density at radius 1 is 1.14 bits per heavy atom. The van der Waals surface area contributed by atoms with Gasteiger partial charge in [0.2, 0.25) is 0 Å². The van der Waals surface area contributed by atoms with Gasteiger partial charge >= 0.3 is 0 Å². The Bertz CT molecular complexity index is 471. The fourth-order valence-corrected chi connectivity index (χ4v) is 2.79. The van der Waals surface area contributed by atoms with Crippen molar-refractivity contribution < 1.29 is 18.9 Å². The molecule has 2 rings (SSSR count). The SMILES string of the molecule is O=C(C[NH2+]C1CCCCCCC1)Nc1ccc(F)cc1F. The quantitative estimate of drug-likeness (QED) is 0.881. The van der Waals surface area contributed by atoms with Gasteiger partial charge in [-0.15, -0.1) is 0 Å². The van der Waals surface area contributed by atoms with Gasteiger partial charge in [-0.2, -0.15) is 0 Å². The van der Waals surface area contributed by atoms with Crippen LogP contribution in [0.5, 0.6) is 0 Å². The van der Waals surface area contributed by atoms with Crippen LogP contribution in [-0.2, 0) is 4.79 Å². The Morgan fingerprint density at radius 3 is 2.48 bits per heavy atom. The third-order valence-electron chi connectivity index (χ3n) is 3.99. The zero-order chi connectivity index (χ0) is 15.1. The largest absolute Gasteiger partial charge is 0.336 e. The van der Waals surface area contributed by atoms with E-state index < -0.39 is 11.6 Å². The number of benzene rings is 1. The second-order valence-corrected chi connectivity index (χ2v) is 5.72. The normalized spacial score (nSPS) is 17.0. The van der Waals surface area contributed by atoms with Gasteiger partial charge in [0.1, 0.15) is 11.6 Å². The number of anilines is 1. The molecule has 116 valence electrons. The van der Waals surface area contributed by atoms with Crippen LogP contribution in [0.1, 0.15) is 44.9 Å². The summed E-state index contributed by atoms with van der Waals surface area (Å²) in [4.78, 5) is 11.8. The average molecular weight is 297 g/mol. The number of nitrogens with two attached hydrogens (primary N) is 1. The van der Waals surface area contributed by atoms with E-state index in [-0.39, 0.29) is 18.1 Å². The molecule has 0 aliphatic heterocycles. The highest BCUT2D eigenvalue weighted by atomic mass is 19.1. The van der Waals surface area contributed by atoms with Gasteiger partial charge < -0.3 is 10.6 Å². The monoisotopic (exact) mass is 297 g/mol. The van der Waals surface area contributed by atoms with E-state index in [0.29, 0.717) is 6.04 Å². The van der Waals surface area contributed by atoms with E-state index in [9.17, 15) is 13.6 Å². The number of carbonyl (C=O) groups is 1. The maximum Gasteiger partial charge on any atom is 0.279 e. The van der Waals surface area contributed by atoms with E-state index in [2.05, 4.69) is 5.32 Å². The molecule has 1 saturated carbocycles. The topological polar surface area (TPSA) is 45.7 Å². The van der Waals surface area contributed by atoms with Gasteiger partial charge in [0.25, 0.3) is 5.91 Å². The lowest BCUT2D eigenvalue weighted by Gasteiger charge is -2.18. The summed E-state index contributed by atoms with van der Waals surface area (Å²) in [6.07, 6.45) is 8.58. The van der Waals surface area contributed by atoms with Gasteiger partial charge in [0.15, 0.2) is 6.54 Å². The van der Waals surface area contributed by atoms with Gasteiger partial charge in [-0.1, -0.05) is 19.3 Å². The molecular formula is C16H23F2N2O+. The van der Waals surface area contributed by atoms with Crippen LogP contribution in [-0.4, -0.2) is 18.5 Å². The van der Waals surface area contributed by atoms with Gasteiger partial charge in [-0.05, 0) is 37.8 Å². The molecule has 0 aromatic heterocycles. The Labute approximate surface area is 124 Å². The average Bonchev–Trinajstić information content (AvgIpc) is 2.41. The first-order chi connectivity index (χ1) is 10.1. The molecule has 5 heteroatoms. The smallest absolute Gasteiger partial charge is 0.279 e. The number of rotatable bonds is 4. The van der Waals surface area contributed by atoms with Crippen LogP contribution in [0.2, 0.25) is 0 Å². The molecule has 0 heterocycles. The molecule has 1 aromatic rings. The lowest BCUT2D eigenvalue weighted by molar-refractivity contribution is -0.680. The summed E-state index contributed by atoms with van der Waals surface area (Å²) in [5.74, 6) is -1.64. The summed E-state index contributed by atoms with van der Waals surface area (Å²) >= 11 is 0. The zero-order valence-corrected chi connectivity index (χ0v) is 12.2. The molecular weight excluding hydrogens is 274 g/mol. The number of halogens is 2. The molecule has 3 N–H and O–H groups in total. The number of carbonyl (C=O) groups excluding carboxylic acids is 1. The minimum atomic E-state index is -0.741. The van der Waals surface area contributed by atoms with Crippen LogP contribution in [0, 0.1) is 11.6 Å². The number of nitrogens with one attached hydrogen (secondary N) is 1. The van der Waals surface area contributed by atoms with Crippen molar-refractivity contribution in [3.8, 4) is 0 Å². The van der Waals surface area contributed by atoms with Crippen molar-refractivity contribution in [3.05, 3.63) is 29.8 Å². The van der Waals surface area contributed by atoms with Gasteiger partial charge in [0.05, 0.1) is 11.7 Å². The van der Waals surface area contributed by atoms with Crippen molar-refractivity contribution in [1.29, 1.82) is 0 Å². The molecule has 0 bridgehead atoms. The number of amides is 1. The van der Waals surface area contributed by atoms with Crippen molar-refractivity contribution in [1.82, 2.24) is 0 Å². The summed E-state index contributed by atoms with van der Waals surface area (Å²) in [5, 5.41) is 4.54. The summed E-state index contributed by atoms with van der Waals surface area (Å²) in [6, 6.07) is 3.64. The van der Waals surface area contributed by atoms with Crippen molar-refractivity contribution in [2.45, 2.75) is 51.0 Å². The fourth-order valence-electron chi connectivity index (χ4n) is 2.79. The van der Waals surface area contributed by atoms with Crippen molar-refractivity contribution >= 4 is 11.6 Å². The molecule has 1 aliphatic carbocycles. The highest BCUT2D eigenvalue weighted by Crippen LogP contribution is 2.15. The highest BCUT2D eigenvalue weighted by molar-refractivity contribution is 5.91. The Morgan fingerprint density at radius 2 is 1.81 bits per heavy atom. The molecule has 0 radical (unpaired) electrons. The van der Waals surface area contributed by atoms with Gasteiger partial charge in [-0.25, -0.2) is 8.78 Å².